The number of hydrogen-bond acceptors (Lipinski definition) is 6. The average molecular weight is 404 g/mol. The molecule has 2 aromatic heterocycles. The Morgan fingerprint density at radius 3 is 2.46 bits per heavy atom. The van der Waals surface area contributed by atoms with Crippen molar-refractivity contribution in [1.29, 1.82) is 0 Å². The summed E-state index contributed by atoms with van der Waals surface area (Å²) in [6.07, 6.45) is -6.12. The van der Waals surface area contributed by atoms with Crippen LogP contribution in [0.25, 0.3) is 16.9 Å². The quantitative estimate of drug-likeness (QED) is 0.586. The molecular formula is C16H13F5N4O3. The van der Waals surface area contributed by atoms with Crippen LogP contribution in [0.15, 0.2) is 30.6 Å². The van der Waals surface area contributed by atoms with Crippen LogP contribution in [-0.2, 0) is 22.2 Å². The first-order chi connectivity index (χ1) is 13.1. The number of fused-ring (bicyclic) bond motifs is 1. The molecule has 0 radical (unpaired) electrons. The Hall–Kier alpha value is -2.86. The molecular weight excluding hydrogens is 391 g/mol. The first-order valence-electron chi connectivity index (χ1n) is 7.67. The van der Waals surface area contributed by atoms with E-state index in [1.807, 2.05) is 0 Å². The molecule has 12 heteroatoms. The maximum absolute atomic E-state index is 13.9. The van der Waals surface area contributed by atoms with Gasteiger partial charge >= 0.3 is 12.5 Å². The number of nitrogens with zero attached hydrogens (tertiary/aromatic N) is 4. The van der Waals surface area contributed by atoms with Crippen LogP contribution in [0.5, 0.6) is 5.75 Å². The summed E-state index contributed by atoms with van der Waals surface area (Å²) in [5, 5.41) is 7.02. The van der Waals surface area contributed by atoms with Crippen LogP contribution < -0.4 is 4.74 Å². The van der Waals surface area contributed by atoms with Crippen molar-refractivity contribution in [2.75, 3.05) is 14.2 Å². The number of rotatable bonds is 6. The summed E-state index contributed by atoms with van der Waals surface area (Å²) in [6.45, 7) is -0.0621. The molecule has 2 heterocycles. The van der Waals surface area contributed by atoms with Gasteiger partial charge in [0, 0.05) is 26.0 Å². The highest BCUT2D eigenvalue weighted by molar-refractivity contribution is 5.65. The van der Waals surface area contributed by atoms with Crippen LogP contribution in [0.2, 0.25) is 0 Å². The van der Waals surface area contributed by atoms with E-state index in [2.05, 4.69) is 24.7 Å². The molecule has 3 rings (SSSR count). The third-order valence-corrected chi connectivity index (χ3v) is 3.70. The maximum atomic E-state index is 13.9. The summed E-state index contributed by atoms with van der Waals surface area (Å²) < 4.78 is 79.1. The van der Waals surface area contributed by atoms with E-state index >= 15 is 0 Å². The predicted octanol–water partition coefficient (Wildman–Crippen LogP) is 3.53. The summed E-state index contributed by atoms with van der Waals surface area (Å²) in [7, 11) is 2.17. The van der Waals surface area contributed by atoms with E-state index in [1.165, 1.54) is 25.6 Å². The molecule has 7 nitrogen and oxygen atoms in total. The van der Waals surface area contributed by atoms with E-state index < -0.39 is 24.0 Å². The minimum Gasteiger partial charge on any atom is -0.406 e. The van der Waals surface area contributed by atoms with Crippen LogP contribution in [0.1, 0.15) is 11.4 Å². The lowest BCUT2D eigenvalue weighted by Crippen LogP contribution is -2.19. The van der Waals surface area contributed by atoms with E-state index in [0.29, 0.717) is 11.1 Å². The second-order valence-electron chi connectivity index (χ2n) is 5.55. The first kappa shape index (κ1) is 19.9. The summed E-state index contributed by atoms with van der Waals surface area (Å²) in [4.78, 5) is 4.12. The van der Waals surface area contributed by atoms with Gasteiger partial charge in [-0.3, -0.25) is 9.38 Å². The first-order valence-corrected chi connectivity index (χ1v) is 7.67. The average Bonchev–Trinajstić information content (AvgIpc) is 3.05. The summed E-state index contributed by atoms with van der Waals surface area (Å²) in [6, 6.07) is 3.54. The van der Waals surface area contributed by atoms with Crippen molar-refractivity contribution < 1.29 is 36.2 Å². The molecule has 1 aromatic carbocycles. The van der Waals surface area contributed by atoms with Gasteiger partial charge in [0.1, 0.15) is 5.75 Å². The number of methoxy groups -OCH3 is 2. The van der Waals surface area contributed by atoms with Gasteiger partial charge < -0.3 is 14.2 Å². The summed E-state index contributed by atoms with van der Waals surface area (Å²) >= 11 is 0. The standard InChI is InChI=1S/C16H13F5N4O3/c1-26-8-9-5-10(28-16(19,20)21)3-4-11(9)12-7-25-13(6-22-12)23-24-14(25)15(17,18)27-2/h3-7H,8H2,1-2H3. The van der Waals surface area contributed by atoms with Gasteiger partial charge in [-0.15, -0.1) is 23.4 Å². The van der Waals surface area contributed by atoms with Gasteiger partial charge in [-0.2, -0.15) is 8.78 Å². The highest BCUT2D eigenvalue weighted by Crippen LogP contribution is 2.31. The predicted molar refractivity (Wildman–Crippen MR) is 84.5 cm³/mol. The van der Waals surface area contributed by atoms with Crippen molar-refractivity contribution in [3.05, 3.63) is 42.0 Å². The lowest BCUT2D eigenvalue weighted by atomic mass is 10.0. The zero-order valence-corrected chi connectivity index (χ0v) is 14.5. The van der Waals surface area contributed by atoms with Crippen molar-refractivity contribution in [2.45, 2.75) is 19.1 Å². The van der Waals surface area contributed by atoms with Crippen molar-refractivity contribution in [3.8, 4) is 17.0 Å². The molecule has 0 amide bonds. The minimum absolute atomic E-state index is 0.0424. The molecule has 0 spiro atoms. The van der Waals surface area contributed by atoms with Crippen LogP contribution in [-0.4, -0.2) is 40.2 Å². The number of benzene rings is 1. The Morgan fingerprint density at radius 1 is 1.07 bits per heavy atom. The van der Waals surface area contributed by atoms with E-state index in [0.717, 1.165) is 23.6 Å². The molecule has 150 valence electrons. The second kappa shape index (κ2) is 7.28. The molecule has 3 aromatic rings. The highest BCUT2D eigenvalue weighted by Gasteiger charge is 2.37. The lowest BCUT2D eigenvalue weighted by molar-refractivity contribution is -0.274. The van der Waals surface area contributed by atoms with Gasteiger partial charge in [-0.1, -0.05) is 0 Å². The molecule has 0 unspecified atom stereocenters. The van der Waals surface area contributed by atoms with Crippen LogP contribution in [0, 0.1) is 0 Å². The zero-order valence-electron chi connectivity index (χ0n) is 14.5. The van der Waals surface area contributed by atoms with Gasteiger partial charge in [0.2, 0.25) is 5.82 Å². The van der Waals surface area contributed by atoms with Gasteiger partial charge in [0.15, 0.2) is 5.65 Å². The molecule has 0 N–H and O–H groups in total. The molecule has 0 aliphatic carbocycles. The Morgan fingerprint density at radius 2 is 1.82 bits per heavy atom. The number of aromatic nitrogens is 4. The fourth-order valence-electron chi connectivity index (χ4n) is 2.52. The smallest absolute Gasteiger partial charge is 0.406 e. The second-order valence-corrected chi connectivity index (χ2v) is 5.55. The summed E-state index contributed by atoms with van der Waals surface area (Å²) in [5.74, 6) is -1.21. The van der Waals surface area contributed by atoms with Crippen LogP contribution in [0.3, 0.4) is 0 Å². The van der Waals surface area contributed by atoms with Gasteiger partial charge in [0.05, 0.1) is 18.5 Å². The van der Waals surface area contributed by atoms with E-state index in [-0.39, 0.29) is 17.9 Å². The third kappa shape index (κ3) is 4.02. The van der Waals surface area contributed by atoms with E-state index in [9.17, 15) is 22.0 Å². The fraction of sp³-hybridized carbons (Fsp3) is 0.312. The topological polar surface area (TPSA) is 70.8 Å². The van der Waals surface area contributed by atoms with Crippen molar-refractivity contribution in [3.63, 3.8) is 0 Å². The number of alkyl halides is 5. The Kier molecular flexibility index (Phi) is 5.17. The maximum Gasteiger partial charge on any atom is 0.573 e. The van der Waals surface area contributed by atoms with Crippen molar-refractivity contribution in [2.24, 2.45) is 0 Å². The van der Waals surface area contributed by atoms with Crippen LogP contribution >= 0.6 is 0 Å². The van der Waals surface area contributed by atoms with Crippen LogP contribution in [0.4, 0.5) is 22.0 Å². The zero-order chi connectivity index (χ0) is 20.5. The SMILES string of the molecule is COCc1cc(OC(F)(F)F)ccc1-c1cn2c(C(F)(F)OC)nnc2cn1. The third-order valence-electron chi connectivity index (χ3n) is 3.70. The molecule has 0 saturated carbocycles. The normalized spacial score (nSPS) is 12.5. The fourth-order valence-corrected chi connectivity index (χ4v) is 2.52. The van der Waals surface area contributed by atoms with E-state index in [4.69, 9.17) is 4.74 Å². The highest BCUT2D eigenvalue weighted by atomic mass is 19.4. The molecule has 0 bridgehead atoms. The molecule has 28 heavy (non-hydrogen) atoms. The monoisotopic (exact) mass is 404 g/mol. The van der Waals surface area contributed by atoms with Gasteiger partial charge in [0.25, 0.3) is 0 Å². The molecule has 0 atom stereocenters. The Labute approximate surface area is 154 Å². The Balaban J connectivity index is 2.09. The number of halogens is 5. The molecule has 0 fully saturated rings. The molecule has 0 aliphatic heterocycles. The van der Waals surface area contributed by atoms with Gasteiger partial charge in [-0.05, 0) is 23.8 Å². The number of ether oxygens (including phenoxy) is 3. The largest absolute Gasteiger partial charge is 0.573 e. The summed E-state index contributed by atoms with van der Waals surface area (Å²) in [5.41, 5.74) is 0.898. The van der Waals surface area contributed by atoms with Crippen molar-refractivity contribution in [1.82, 2.24) is 19.6 Å². The van der Waals surface area contributed by atoms with Crippen molar-refractivity contribution >= 4 is 5.65 Å². The lowest BCUT2D eigenvalue weighted by Gasteiger charge is -2.14. The minimum atomic E-state index is -4.86. The van der Waals surface area contributed by atoms with E-state index in [1.54, 1.807) is 0 Å². The Bertz CT molecular complexity index is 990. The molecule has 0 aliphatic rings. The molecule has 0 saturated heterocycles. The van der Waals surface area contributed by atoms with Gasteiger partial charge in [-0.25, -0.2) is 0 Å². The number of hydrogen-bond donors (Lipinski definition) is 0.